The molecule has 0 radical (unpaired) electrons. The first-order chi connectivity index (χ1) is 13.0. The molecule has 144 valence electrons. The molecule has 0 saturated carbocycles. The number of rotatable bonds is 8. The zero-order valence-electron chi connectivity index (χ0n) is 15.2. The van der Waals surface area contributed by atoms with Crippen LogP contribution in [-0.4, -0.2) is 39.3 Å². The van der Waals surface area contributed by atoms with Crippen molar-refractivity contribution < 1.29 is 28.5 Å². The maximum Gasteiger partial charge on any atom is 0.338 e. The van der Waals surface area contributed by atoms with Crippen molar-refractivity contribution >= 4 is 29.2 Å². The minimum Gasteiger partial charge on any atom is -0.494 e. The largest absolute Gasteiger partial charge is 0.494 e. The molecule has 2 aromatic carbocycles. The summed E-state index contributed by atoms with van der Waals surface area (Å²) in [5.41, 5.74) is 0.709. The molecule has 0 spiro atoms. The van der Waals surface area contributed by atoms with Crippen LogP contribution in [-0.2, 0) is 9.53 Å². The van der Waals surface area contributed by atoms with Gasteiger partial charge in [0, 0.05) is 5.69 Å². The van der Waals surface area contributed by atoms with Crippen molar-refractivity contribution in [1.29, 1.82) is 0 Å². The summed E-state index contributed by atoms with van der Waals surface area (Å²) in [6, 6.07) is 9.66. The Balaban J connectivity index is 1.94. The third-order valence-corrected chi connectivity index (χ3v) is 3.73. The van der Waals surface area contributed by atoms with Crippen LogP contribution in [0, 0.1) is 0 Å². The van der Waals surface area contributed by atoms with Crippen molar-refractivity contribution in [2.45, 2.75) is 6.92 Å². The van der Waals surface area contributed by atoms with Crippen LogP contribution >= 0.6 is 11.6 Å². The standard InChI is InChI=1S/C19H20ClNO6/c1-4-26-14-7-5-13(6-8-14)21-17(22)11-27-19(23)12-9-15(20)18(25-3)16(10-12)24-2/h5-10H,4,11H2,1-3H3,(H,21,22). The number of amides is 1. The molecular weight excluding hydrogens is 374 g/mol. The molecule has 0 bridgehead atoms. The van der Waals surface area contributed by atoms with E-state index in [2.05, 4.69) is 5.32 Å². The second kappa shape index (κ2) is 9.68. The second-order valence-electron chi connectivity index (χ2n) is 5.28. The second-order valence-corrected chi connectivity index (χ2v) is 5.68. The van der Waals surface area contributed by atoms with E-state index in [-0.39, 0.29) is 16.3 Å². The Kier molecular flexibility index (Phi) is 7.31. The highest BCUT2D eigenvalue weighted by Gasteiger charge is 2.17. The van der Waals surface area contributed by atoms with Crippen LogP contribution in [0.15, 0.2) is 36.4 Å². The Bertz CT molecular complexity index is 807. The number of nitrogens with one attached hydrogen (secondary N) is 1. The average molecular weight is 394 g/mol. The zero-order valence-corrected chi connectivity index (χ0v) is 16.0. The number of halogens is 1. The third kappa shape index (κ3) is 5.52. The summed E-state index contributed by atoms with van der Waals surface area (Å²) >= 11 is 6.06. The van der Waals surface area contributed by atoms with Gasteiger partial charge in [-0.3, -0.25) is 4.79 Å². The van der Waals surface area contributed by atoms with E-state index in [4.69, 9.17) is 30.5 Å². The SMILES string of the molecule is CCOc1ccc(NC(=O)COC(=O)c2cc(Cl)c(OC)c(OC)c2)cc1. The molecular formula is C19H20ClNO6. The molecule has 0 fully saturated rings. The minimum absolute atomic E-state index is 0.145. The van der Waals surface area contributed by atoms with Crippen LogP contribution in [0.1, 0.15) is 17.3 Å². The molecule has 2 rings (SSSR count). The third-order valence-electron chi connectivity index (χ3n) is 3.45. The molecule has 2 aromatic rings. The van der Waals surface area contributed by atoms with E-state index in [1.165, 1.54) is 26.4 Å². The molecule has 1 amide bonds. The molecule has 7 nitrogen and oxygen atoms in total. The quantitative estimate of drug-likeness (QED) is 0.690. The Morgan fingerprint density at radius 2 is 1.78 bits per heavy atom. The fourth-order valence-corrected chi connectivity index (χ4v) is 2.54. The van der Waals surface area contributed by atoms with Gasteiger partial charge in [-0.05, 0) is 43.3 Å². The van der Waals surface area contributed by atoms with E-state index in [9.17, 15) is 9.59 Å². The van der Waals surface area contributed by atoms with Gasteiger partial charge in [0.05, 0.1) is 31.4 Å². The van der Waals surface area contributed by atoms with Crippen LogP contribution in [0.2, 0.25) is 5.02 Å². The molecule has 0 unspecified atom stereocenters. The molecule has 0 aliphatic carbocycles. The highest BCUT2D eigenvalue weighted by Crippen LogP contribution is 2.36. The van der Waals surface area contributed by atoms with E-state index in [0.29, 0.717) is 23.8 Å². The summed E-state index contributed by atoms with van der Waals surface area (Å²) < 4.78 is 20.6. The van der Waals surface area contributed by atoms with Crippen LogP contribution < -0.4 is 19.5 Å². The molecule has 0 saturated heterocycles. The highest BCUT2D eigenvalue weighted by atomic mass is 35.5. The lowest BCUT2D eigenvalue weighted by molar-refractivity contribution is -0.119. The van der Waals surface area contributed by atoms with Crippen LogP contribution in [0.3, 0.4) is 0 Å². The van der Waals surface area contributed by atoms with Gasteiger partial charge >= 0.3 is 5.97 Å². The van der Waals surface area contributed by atoms with Crippen molar-refractivity contribution in [2.75, 3.05) is 32.8 Å². The number of methoxy groups -OCH3 is 2. The molecule has 8 heteroatoms. The van der Waals surface area contributed by atoms with Gasteiger partial charge in [-0.15, -0.1) is 0 Å². The molecule has 0 aliphatic rings. The summed E-state index contributed by atoms with van der Waals surface area (Å²) in [5.74, 6) is 0.116. The number of carbonyl (C=O) groups excluding carboxylic acids is 2. The topological polar surface area (TPSA) is 83.1 Å². The summed E-state index contributed by atoms with van der Waals surface area (Å²) in [7, 11) is 2.86. The van der Waals surface area contributed by atoms with Gasteiger partial charge in [0.25, 0.3) is 5.91 Å². The van der Waals surface area contributed by atoms with Gasteiger partial charge in [-0.1, -0.05) is 11.6 Å². The lowest BCUT2D eigenvalue weighted by atomic mass is 10.2. The van der Waals surface area contributed by atoms with Gasteiger partial charge in [0.1, 0.15) is 5.75 Å². The van der Waals surface area contributed by atoms with Gasteiger partial charge in [0.15, 0.2) is 18.1 Å². The van der Waals surface area contributed by atoms with E-state index in [0.717, 1.165) is 0 Å². The van der Waals surface area contributed by atoms with Gasteiger partial charge < -0.3 is 24.3 Å². The first kappa shape index (κ1) is 20.4. The van der Waals surface area contributed by atoms with Crippen molar-refractivity contribution in [1.82, 2.24) is 0 Å². The van der Waals surface area contributed by atoms with Gasteiger partial charge in [-0.25, -0.2) is 4.79 Å². The minimum atomic E-state index is -0.709. The lowest BCUT2D eigenvalue weighted by Gasteiger charge is -2.11. The molecule has 0 aromatic heterocycles. The van der Waals surface area contributed by atoms with Crippen molar-refractivity contribution in [3.63, 3.8) is 0 Å². The number of esters is 1. The fourth-order valence-electron chi connectivity index (χ4n) is 2.25. The maximum atomic E-state index is 12.2. The number of anilines is 1. The average Bonchev–Trinajstić information content (AvgIpc) is 2.67. The Morgan fingerprint density at radius 3 is 2.37 bits per heavy atom. The number of carbonyl (C=O) groups is 2. The summed E-state index contributed by atoms with van der Waals surface area (Å²) in [6.07, 6.45) is 0. The number of benzene rings is 2. The summed E-state index contributed by atoms with van der Waals surface area (Å²) in [6.45, 7) is 2.00. The van der Waals surface area contributed by atoms with E-state index >= 15 is 0 Å². The summed E-state index contributed by atoms with van der Waals surface area (Å²) in [5, 5.41) is 2.82. The van der Waals surface area contributed by atoms with E-state index in [1.54, 1.807) is 24.3 Å². The fraction of sp³-hybridized carbons (Fsp3) is 0.263. The Morgan fingerprint density at radius 1 is 1.07 bits per heavy atom. The molecule has 0 aliphatic heterocycles. The zero-order chi connectivity index (χ0) is 19.8. The number of ether oxygens (including phenoxy) is 4. The highest BCUT2D eigenvalue weighted by molar-refractivity contribution is 6.32. The van der Waals surface area contributed by atoms with Gasteiger partial charge in [-0.2, -0.15) is 0 Å². The maximum absolute atomic E-state index is 12.2. The number of hydrogen-bond acceptors (Lipinski definition) is 6. The van der Waals surface area contributed by atoms with Crippen molar-refractivity contribution in [3.05, 3.63) is 47.0 Å². The Hall–Kier alpha value is -2.93. The smallest absolute Gasteiger partial charge is 0.338 e. The predicted octanol–water partition coefficient (Wildman–Crippen LogP) is 3.55. The van der Waals surface area contributed by atoms with Gasteiger partial charge in [0.2, 0.25) is 0 Å². The first-order valence-electron chi connectivity index (χ1n) is 8.09. The van der Waals surface area contributed by atoms with E-state index < -0.39 is 18.5 Å². The normalized spacial score (nSPS) is 10.1. The van der Waals surface area contributed by atoms with Crippen molar-refractivity contribution in [3.8, 4) is 17.2 Å². The molecule has 27 heavy (non-hydrogen) atoms. The number of hydrogen-bond donors (Lipinski definition) is 1. The Labute approximate surface area is 162 Å². The van der Waals surface area contributed by atoms with E-state index in [1.807, 2.05) is 6.92 Å². The molecule has 1 N–H and O–H groups in total. The van der Waals surface area contributed by atoms with Crippen LogP contribution in [0.4, 0.5) is 5.69 Å². The predicted molar refractivity (Wildman–Crippen MR) is 101 cm³/mol. The summed E-state index contributed by atoms with van der Waals surface area (Å²) in [4.78, 5) is 24.1. The lowest BCUT2D eigenvalue weighted by Crippen LogP contribution is -2.21. The molecule has 0 heterocycles. The first-order valence-corrected chi connectivity index (χ1v) is 8.47. The van der Waals surface area contributed by atoms with Crippen molar-refractivity contribution in [2.24, 2.45) is 0 Å². The monoisotopic (exact) mass is 393 g/mol. The van der Waals surface area contributed by atoms with Crippen LogP contribution in [0.5, 0.6) is 17.2 Å². The molecule has 0 atom stereocenters. The van der Waals surface area contributed by atoms with Crippen LogP contribution in [0.25, 0.3) is 0 Å².